The third kappa shape index (κ3) is 1.53. The van der Waals surface area contributed by atoms with Crippen LogP contribution >= 0.6 is 0 Å². The first-order valence-corrected chi connectivity index (χ1v) is 10.1. The molecule has 0 radical (unpaired) electrons. The van der Waals surface area contributed by atoms with Crippen molar-refractivity contribution in [3.05, 3.63) is 0 Å². The highest BCUT2D eigenvalue weighted by molar-refractivity contribution is 5.13. The molecule has 21 heavy (non-hydrogen) atoms. The van der Waals surface area contributed by atoms with E-state index in [4.69, 9.17) is 0 Å². The molecule has 8 bridgehead atoms. The summed E-state index contributed by atoms with van der Waals surface area (Å²) in [5, 5.41) is 0. The minimum absolute atomic E-state index is 0.764. The van der Waals surface area contributed by atoms with Gasteiger partial charge in [-0.1, -0.05) is 6.92 Å². The molecular weight excluding hydrogens is 252 g/mol. The molecule has 0 aromatic heterocycles. The van der Waals surface area contributed by atoms with Crippen LogP contribution in [0.4, 0.5) is 0 Å². The van der Waals surface area contributed by atoms with Gasteiger partial charge in [0.1, 0.15) is 0 Å². The summed E-state index contributed by atoms with van der Waals surface area (Å²) in [5.41, 5.74) is 1.60. The van der Waals surface area contributed by atoms with Crippen molar-refractivity contribution in [2.45, 2.75) is 77.6 Å². The van der Waals surface area contributed by atoms with Crippen molar-refractivity contribution in [1.82, 2.24) is 0 Å². The number of hydrogen-bond donors (Lipinski definition) is 0. The molecule has 8 fully saturated rings. The smallest absolute Gasteiger partial charge is 0.0253 e. The molecule has 0 aromatic rings. The Balaban J connectivity index is 1.42. The van der Waals surface area contributed by atoms with Crippen molar-refractivity contribution >= 4 is 0 Å². The Kier molecular flexibility index (Phi) is 2.21. The molecule has 0 heterocycles. The molecule has 0 N–H and O–H groups in total. The molecule has 0 heteroatoms. The highest BCUT2D eigenvalue weighted by atomic mass is 14.7. The summed E-state index contributed by atoms with van der Waals surface area (Å²) in [7, 11) is 0. The Morgan fingerprint density at radius 3 is 1.43 bits per heavy atom. The van der Waals surface area contributed by atoms with Gasteiger partial charge >= 0.3 is 0 Å². The molecule has 0 aliphatic heterocycles. The molecule has 3 atom stereocenters. The maximum atomic E-state index is 2.75. The van der Waals surface area contributed by atoms with Gasteiger partial charge in [-0.15, -0.1) is 0 Å². The third-order valence-corrected chi connectivity index (χ3v) is 9.42. The predicted molar refractivity (Wildman–Crippen MR) is 85.8 cm³/mol. The van der Waals surface area contributed by atoms with E-state index < -0.39 is 0 Å². The molecule has 0 amide bonds. The molecule has 8 saturated carbocycles. The SMILES string of the molecule is CC12CC3CC(CC(C3)C1C13CC4CC(CC(C4)C1)C3)C2. The molecule has 0 aromatic carbocycles. The standard InChI is InChI=1S/C21H32/c1-20-8-16-5-17(9-20)7-18(6-16)19(20)21-10-13-2-14(11-21)4-15(3-13)12-21/h13-19H,2-12H2,1H3. The van der Waals surface area contributed by atoms with Crippen molar-refractivity contribution in [1.29, 1.82) is 0 Å². The summed E-state index contributed by atoms with van der Waals surface area (Å²) < 4.78 is 0. The number of hydrogen-bond acceptors (Lipinski definition) is 0. The van der Waals surface area contributed by atoms with Crippen molar-refractivity contribution in [3.63, 3.8) is 0 Å². The molecule has 0 saturated heterocycles. The Labute approximate surface area is 130 Å². The largest absolute Gasteiger partial charge is 0.0593 e. The fourth-order valence-corrected chi connectivity index (χ4v) is 10.2. The van der Waals surface area contributed by atoms with E-state index in [-0.39, 0.29) is 0 Å². The normalized spacial score (nSPS) is 67.0. The molecular formula is C21H32. The highest BCUT2D eigenvalue weighted by Crippen LogP contribution is 2.73. The maximum absolute atomic E-state index is 2.75. The van der Waals surface area contributed by atoms with E-state index in [1.165, 1.54) is 0 Å². The van der Waals surface area contributed by atoms with E-state index in [1.807, 2.05) is 0 Å². The van der Waals surface area contributed by atoms with E-state index in [0.29, 0.717) is 0 Å². The monoisotopic (exact) mass is 284 g/mol. The molecule has 3 unspecified atom stereocenters. The maximum Gasteiger partial charge on any atom is -0.0253 e. The predicted octanol–water partition coefficient (Wildman–Crippen LogP) is 5.67. The first-order valence-electron chi connectivity index (χ1n) is 10.1. The zero-order valence-electron chi connectivity index (χ0n) is 13.8. The second-order valence-electron chi connectivity index (χ2n) is 11.0. The van der Waals surface area contributed by atoms with Gasteiger partial charge in [0.25, 0.3) is 0 Å². The Morgan fingerprint density at radius 1 is 0.571 bits per heavy atom. The molecule has 8 aliphatic carbocycles. The average molecular weight is 284 g/mol. The van der Waals surface area contributed by atoms with Gasteiger partial charge in [-0.3, -0.25) is 0 Å². The Morgan fingerprint density at radius 2 is 1.00 bits per heavy atom. The van der Waals surface area contributed by atoms with Gasteiger partial charge in [-0.2, -0.15) is 0 Å². The van der Waals surface area contributed by atoms with Gasteiger partial charge in [0.05, 0.1) is 0 Å². The topological polar surface area (TPSA) is 0 Å². The van der Waals surface area contributed by atoms with Crippen molar-refractivity contribution in [2.24, 2.45) is 52.3 Å². The van der Waals surface area contributed by atoms with Crippen LogP contribution in [0.5, 0.6) is 0 Å². The Bertz CT molecular complexity index is 425. The van der Waals surface area contributed by atoms with Crippen LogP contribution in [0.25, 0.3) is 0 Å². The quantitative estimate of drug-likeness (QED) is 0.582. The van der Waals surface area contributed by atoms with Crippen molar-refractivity contribution in [3.8, 4) is 0 Å². The van der Waals surface area contributed by atoms with Crippen LogP contribution in [-0.4, -0.2) is 0 Å². The van der Waals surface area contributed by atoms with E-state index in [0.717, 1.165) is 52.3 Å². The van der Waals surface area contributed by atoms with Crippen LogP contribution in [-0.2, 0) is 0 Å². The van der Waals surface area contributed by atoms with Crippen LogP contribution in [0, 0.1) is 52.3 Å². The summed E-state index contributed by atoms with van der Waals surface area (Å²) in [6.45, 7) is 2.75. The average Bonchev–Trinajstić information content (AvgIpc) is 2.33. The van der Waals surface area contributed by atoms with Gasteiger partial charge in [0.2, 0.25) is 0 Å². The lowest BCUT2D eigenvalue weighted by atomic mass is 9.35. The van der Waals surface area contributed by atoms with Gasteiger partial charge in [0.15, 0.2) is 0 Å². The van der Waals surface area contributed by atoms with Gasteiger partial charge in [-0.25, -0.2) is 0 Å². The fraction of sp³-hybridized carbons (Fsp3) is 1.00. The number of rotatable bonds is 1. The summed E-state index contributed by atoms with van der Waals surface area (Å²) in [4.78, 5) is 0. The minimum Gasteiger partial charge on any atom is -0.0593 e. The molecule has 8 aliphatic rings. The highest BCUT2D eigenvalue weighted by Gasteiger charge is 2.64. The molecule has 116 valence electrons. The van der Waals surface area contributed by atoms with E-state index in [9.17, 15) is 0 Å². The summed E-state index contributed by atoms with van der Waals surface area (Å²) in [6.07, 6.45) is 18.0. The molecule has 0 spiro atoms. The lowest BCUT2D eigenvalue weighted by molar-refractivity contribution is -0.200. The fourth-order valence-electron chi connectivity index (χ4n) is 10.2. The van der Waals surface area contributed by atoms with Crippen molar-refractivity contribution < 1.29 is 0 Å². The summed E-state index contributed by atoms with van der Waals surface area (Å²) in [6, 6.07) is 0. The van der Waals surface area contributed by atoms with Gasteiger partial charge in [-0.05, 0) is 123 Å². The zero-order chi connectivity index (χ0) is 13.8. The van der Waals surface area contributed by atoms with Crippen LogP contribution < -0.4 is 0 Å². The molecule has 0 nitrogen and oxygen atoms in total. The first-order chi connectivity index (χ1) is 10.1. The lowest BCUT2D eigenvalue weighted by Crippen LogP contribution is -2.61. The minimum atomic E-state index is 0.764. The van der Waals surface area contributed by atoms with E-state index >= 15 is 0 Å². The molecule has 8 rings (SSSR count). The summed E-state index contributed by atoms with van der Waals surface area (Å²) in [5.74, 6) is 8.02. The second kappa shape index (κ2) is 3.73. The second-order valence-corrected chi connectivity index (χ2v) is 11.0. The van der Waals surface area contributed by atoms with Crippen LogP contribution in [0.1, 0.15) is 77.6 Å². The van der Waals surface area contributed by atoms with Crippen LogP contribution in [0.2, 0.25) is 0 Å². The lowest BCUT2D eigenvalue weighted by Gasteiger charge is -2.70. The van der Waals surface area contributed by atoms with Crippen LogP contribution in [0.15, 0.2) is 0 Å². The van der Waals surface area contributed by atoms with Crippen LogP contribution in [0.3, 0.4) is 0 Å². The summed E-state index contributed by atoms with van der Waals surface area (Å²) >= 11 is 0. The third-order valence-electron chi connectivity index (χ3n) is 9.42. The van der Waals surface area contributed by atoms with Gasteiger partial charge in [0, 0.05) is 0 Å². The van der Waals surface area contributed by atoms with E-state index in [1.54, 1.807) is 70.6 Å². The Hall–Kier alpha value is 0. The zero-order valence-corrected chi connectivity index (χ0v) is 13.8. The first kappa shape index (κ1) is 12.4. The van der Waals surface area contributed by atoms with Crippen molar-refractivity contribution in [2.75, 3.05) is 0 Å². The van der Waals surface area contributed by atoms with Gasteiger partial charge < -0.3 is 0 Å². The van der Waals surface area contributed by atoms with E-state index in [2.05, 4.69) is 6.92 Å².